The van der Waals surface area contributed by atoms with Crippen molar-refractivity contribution in [3.05, 3.63) is 97.4 Å². The van der Waals surface area contributed by atoms with Crippen LogP contribution in [0.1, 0.15) is 11.1 Å². The first-order valence-electron chi connectivity index (χ1n) is 8.40. The quantitative estimate of drug-likeness (QED) is 0.527. The summed E-state index contributed by atoms with van der Waals surface area (Å²) in [6.07, 6.45) is 11.8. The molecule has 0 radical (unpaired) electrons. The van der Waals surface area contributed by atoms with E-state index >= 15 is 0 Å². The molecule has 3 rings (SSSR count). The molecule has 3 aromatic rings. The van der Waals surface area contributed by atoms with E-state index in [1.165, 1.54) is 22.0 Å². The first-order chi connectivity index (χ1) is 12.3. The molecule has 25 heavy (non-hydrogen) atoms. The van der Waals surface area contributed by atoms with Crippen LogP contribution in [0, 0.1) is 0 Å². The predicted molar refractivity (Wildman–Crippen MR) is 110 cm³/mol. The molecule has 0 amide bonds. The lowest BCUT2D eigenvalue weighted by atomic mass is 10.0. The van der Waals surface area contributed by atoms with Crippen molar-refractivity contribution in [2.45, 2.75) is 0 Å². The molecule has 2 aromatic carbocycles. The highest BCUT2D eigenvalue weighted by molar-refractivity contribution is 5.98. The third kappa shape index (κ3) is 3.86. The molecule has 0 atom stereocenters. The first-order valence-corrected chi connectivity index (χ1v) is 8.40. The lowest BCUT2D eigenvalue weighted by Gasteiger charge is -2.24. The van der Waals surface area contributed by atoms with E-state index < -0.39 is 0 Å². The highest BCUT2D eigenvalue weighted by Gasteiger charge is 2.10. The van der Waals surface area contributed by atoms with Gasteiger partial charge in [0.15, 0.2) is 0 Å². The van der Waals surface area contributed by atoms with Crippen LogP contribution in [0.5, 0.6) is 0 Å². The standard InChI is InChI=1S/C23H22N2/c1-3-17-25(18-4-2)23-12-10-20-7-5-6-8-21(20)22(23)11-9-19-13-15-24-16-14-19/h3-16H,1-2,17-18H2. The summed E-state index contributed by atoms with van der Waals surface area (Å²) in [4.78, 5) is 6.36. The Hall–Kier alpha value is -3.13. The van der Waals surface area contributed by atoms with Gasteiger partial charge in [0.1, 0.15) is 0 Å². The first kappa shape index (κ1) is 16.7. The molecule has 0 fully saturated rings. The fourth-order valence-corrected chi connectivity index (χ4v) is 2.97. The number of fused-ring (bicyclic) bond motifs is 1. The van der Waals surface area contributed by atoms with Crippen molar-refractivity contribution in [2.24, 2.45) is 0 Å². The van der Waals surface area contributed by atoms with E-state index in [9.17, 15) is 0 Å². The van der Waals surface area contributed by atoms with Crippen LogP contribution in [0.15, 0.2) is 86.2 Å². The molecule has 0 N–H and O–H groups in total. The number of pyridine rings is 1. The second-order valence-electron chi connectivity index (χ2n) is 5.82. The van der Waals surface area contributed by atoms with Crippen LogP contribution < -0.4 is 4.90 Å². The van der Waals surface area contributed by atoms with Gasteiger partial charge >= 0.3 is 0 Å². The minimum absolute atomic E-state index is 0.778. The number of hydrogen-bond donors (Lipinski definition) is 0. The zero-order valence-corrected chi connectivity index (χ0v) is 14.3. The van der Waals surface area contributed by atoms with Crippen LogP contribution in [-0.2, 0) is 0 Å². The average molecular weight is 326 g/mol. The van der Waals surface area contributed by atoms with Crippen molar-refractivity contribution in [3.8, 4) is 0 Å². The van der Waals surface area contributed by atoms with Crippen molar-refractivity contribution in [2.75, 3.05) is 18.0 Å². The van der Waals surface area contributed by atoms with Gasteiger partial charge in [-0.2, -0.15) is 0 Å². The van der Waals surface area contributed by atoms with Gasteiger partial charge < -0.3 is 4.90 Å². The number of nitrogens with zero attached hydrogens (tertiary/aromatic N) is 2. The molecule has 2 heteroatoms. The van der Waals surface area contributed by atoms with Gasteiger partial charge in [-0.05, 0) is 34.5 Å². The highest BCUT2D eigenvalue weighted by atomic mass is 15.1. The minimum atomic E-state index is 0.778. The molecule has 0 saturated heterocycles. The van der Waals surface area contributed by atoms with Crippen LogP contribution in [0.25, 0.3) is 22.9 Å². The Morgan fingerprint density at radius 3 is 2.28 bits per heavy atom. The molecule has 0 bridgehead atoms. The molecule has 124 valence electrons. The molecular weight excluding hydrogens is 304 g/mol. The van der Waals surface area contributed by atoms with Gasteiger partial charge in [0, 0.05) is 36.7 Å². The minimum Gasteiger partial charge on any atom is -0.364 e. The van der Waals surface area contributed by atoms with E-state index in [1.807, 2.05) is 36.7 Å². The Bertz CT molecular complexity index is 884. The van der Waals surface area contributed by atoms with Gasteiger partial charge in [-0.1, -0.05) is 54.6 Å². The molecule has 1 aromatic heterocycles. The molecule has 0 spiro atoms. The largest absolute Gasteiger partial charge is 0.364 e. The third-order valence-corrected chi connectivity index (χ3v) is 4.14. The SMILES string of the molecule is C=CCN(CC=C)c1ccc2ccccc2c1C=Cc1ccncc1. The summed E-state index contributed by atoms with van der Waals surface area (Å²) >= 11 is 0. The topological polar surface area (TPSA) is 16.1 Å². The number of rotatable bonds is 7. The van der Waals surface area contributed by atoms with Crippen LogP contribution in [0.3, 0.4) is 0 Å². The van der Waals surface area contributed by atoms with Gasteiger partial charge in [0.05, 0.1) is 0 Å². The summed E-state index contributed by atoms with van der Waals surface area (Å²) in [6.45, 7) is 9.34. The summed E-state index contributed by atoms with van der Waals surface area (Å²) < 4.78 is 0. The normalized spacial score (nSPS) is 10.9. The predicted octanol–water partition coefficient (Wildman–Crippen LogP) is 5.58. The number of benzene rings is 2. The van der Waals surface area contributed by atoms with Gasteiger partial charge in [-0.15, -0.1) is 13.2 Å². The fraction of sp³-hybridized carbons (Fsp3) is 0.0870. The fourth-order valence-electron chi connectivity index (χ4n) is 2.97. The second-order valence-corrected chi connectivity index (χ2v) is 5.82. The second kappa shape index (κ2) is 8.11. The summed E-state index contributed by atoms with van der Waals surface area (Å²) in [7, 11) is 0. The number of anilines is 1. The molecule has 0 aliphatic heterocycles. The molecule has 1 heterocycles. The average Bonchev–Trinajstić information content (AvgIpc) is 2.66. The summed E-state index contributed by atoms with van der Waals surface area (Å²) in [6, 6.07) is 16.8. The van der Waals surface area contributed by atoms with Gasteiger partial charge in [-0.3, -0.25) is 4.98 Å². The van der Waals surface area contributed by atoms with Crippen LogP contribution >= 0.6 is 0 Å². The number of aromatic nitrogens is 1. The Labute approximate surface area is 149 Å². The van der Waals surface area contributed by atoms with E-state index in [2.05, 4.69) is 71.6 Å². The smallest absolute Gasteiger partial charge is 0.0451 e. The van der Waals surface area contributed by atoms with Crippen molar-refractivity contribution in [1.82, 2.24) is 4.98 Å². The van der Waals surface area contributed by atoms with Gasteiger partial charge in [0.25, 0.3) is 0 Å². The van der Waals surface area contributed by atoms with Crippen molar-refractivity contribution in [1.29, 1.82) is 0 Å². The maximum atomic E-state index is 4.08. The van der Waals surface area contributed by atoms with Crippen LogP contribution in [0.2, 0.25) is 0 Å². The Kier molecular flexibility index (Phi) is 5.43. The van der Waals surface area contributed by atoms with E-state index in [0.717, 1.165) is 18.7 Å². The van der Waals surface area contributed by atoms with E-state index in [-0.39, 0.29) is 0 Å². The van der Waals surface area contributed by atoms with Gasteiger partial charge in [-0.25, -0.2) is 0 Å². The molecule has 0 aliphatic rings. The Morgan fingerprint density at radius 1 is 0.840 bits per heavy atom. The lowest BCUT2D eigenvalue weighted by molar-refractivity contribution is 0.957. The number of hydrogen-bond acceptors (Lipinski definition) is 2. The van der Waals surface area contributed by atoms with E-state index in [4.69, 9.17) is 0 Å². The van der Waals surface area contributed by atoms with Crippen molar-refractivity contribution < 1.29 is 0 Å². The summed E-state index contributed by atoms with van der Waals surface area (Å²) in [5.41, 5.74) is 3.52. The lowest BCUT2D eigenvalue weighted by Crippen LogP contribution is -2.23. The molecular formula is C23H22N2. The third-order valence-electron chi connectivity index (χ3n) is 4.14. The monoisotopic (exact) mass is 326 g/mol. The Balaban J connectivity index is 2.14. The maximum Gasteiger partial charge on any atom is 0.0451 e. The van der Waals surface area contributed by atoms with Crippen LogP contribution in [0.4, 0.5) is 5.69 Å². The zero-order valence-electron chi connectivity index (χ0n) is 14.3. The van der Waals surface area contributed by atoms with Gasteiger partial charge in [0.2, 0.25) is 0 Å². The van der Waals surface area contributed by atoms with E-state index in [1.54, 1.807) is 0 Å². The molecule has 2 nitrogen and oxygen atoms in total. The summed E-state index contributed by atoms with van der Waals surface area (Å²) in [5, 5.41) is 2.47. The maximum absolute atomic E-state index is 4.08. The molecule has 0 aliphatic carbocycles. The van der Waals surface area contributed by atoms with Crippen molar-refractivity contribution in [3.63, 3.8) is 0 Å². The molecule has 0 unspecified atom stereocenters. The Morgan fingerprint density at radius 2 is 1.56 bits per heavy atom. The van der Waals surface area contributed by atoms with Crippen LogP contribution in [-0.4, -0.2) is 18.1 Å². The zero-order chi connectivity index (χ0) is 17.5. The molecule has 0 saturated carbocycles. The summed E-state index contributed by atoms with van der Waals surface area (Å²) in [5.74, 6) is 0. The van der Waals surface area contributed by atoms with E-state index in [0.29, 0.717) is 0 Å². The highest BCUT2D eigenvalue weighted by Crippen LogP contribution is 2.31. The van der Waals surface area contributed by atoms with Crippen molar-refractivity contribution >= 4 is 28.6 Å².